The quantitative estimate of drug-likeness (QED) is 0.0198. The molecule has 0 radical (unpaired) electrons. The van der Waals surface area contributed by atoms with Gasteiger partial charge in [0.15, 0.2) is 73.4 Å². The second kappa shape index (κ2) is 49.9. The molecule has 20 rings (SSSR count). The van der Waals surface area contributed by atoms with Gasteiger partial charge in [-0.2, -0.15) is 13.2 Å². The van der Waals surface area contributed by atoms with E-state index in [9.17, 15) is 22.8 Å². The Balaban J connectivity index is 0.000000135. The van der Waals surface area contributed by atoms with Gasteiger partial charge in [-0.05, 0) is 335 Å². The van der Waals surface area contributed by atoms with Crippen molar-refractivity contribution in [2.24, 2.45) is 23.7 Å². The van der Waals surface area contributed by atoms with Gasteiger partial charge >= 0.3 is 18.1 Å². The van der Waals surface area contributed by atoms with Crippen LogP contribution < -0.4 is 14.2 Å². The fourth-order valence-corrected chi connectivity index (χ4v) is 31.1. The van der Waals surface area contributed by atoms with Crippen LogP contribution in [0.25, 0.3) is 0 Å². The molecule has 0 amide bonds. The highest BCUT2D eigenvalue weighted by Gasteiger charge is 2.56. The summed E-state index contributed by atoms with van der Waals surface area (Å²) in [5, 5.41) is 0. The van der Waals surface area contributed by atoms with Crippen LogP contribution in [0.4, 0.5) is 13.2 Å². The van der Waals surface area contributed by atoms with Crippen LogP contribution >= 0.6 is 0 Å². The number of hydrogen-bond donors (Lipinski definition) is 0. The largest absolute Gasteiger partial charge is 0.493 e. The summed E-state index contributed by atoms with van der Waals surface area (Å²) in [4.78, 5) is 46.2. The Hall–Kier alpha value is -11.5. The maximum Gasteiger partial charge on any atom is 0.416 e. The second-order valence-electron chi connectivity index (χ2n) is 37.4. The van der Waals surface area contributed by atoms with E-state index in [1.807, 2.05) is 100 Å². The van der Waals surface area contributed by atoms with Gasteiger partial charge in [0.2, 0.25) is 0 Å². The number of benzene rings is 15. The molecule has 16 heteroatoms. The molecule has 0 N–H and O–H groups in total. The maximum absolute atomic E-state index is 13.0. The molecule has 0 unspecified atom stereocenters. The molecule has 15 aromatic rings. The van der Waals surface area contributed by atoms with E-state index in [0.29, 0.717) is 28.2 Å². The van der Waals surface area contributed by atoms with Crippen LogP contribution in [0.15, 0.2) is 462 Å². The molecule has 0 heterocycles. The van der Waals surface area contributed by atoms with E-state index >= 15 is 0 Å². The highest BCUT2D eigenvalue weighted by Crippen LogP contribution is 2.60. The van der Waals surface area contributed by atoms with Gasteiger partial charge in [0.1, 0.15) is 30.5 Å². The molecule has 5 aliphatic carbocycles. The van der Waals surface area contributed by atoms with Gasteiger partial charge < -0.3 is 28.6 Å². The standard InChI is InChI=1S/C33H37O3S.C29H33O3S.C25H30NOS.C19H14F3S.C19H17S/c1-22-14-30(37(28-10-6-4-7-11-28)29-12-8-5-9-13-29)15-23(2)32(22)36-31(34)21-35-33(3)26-17-24-16-25(19-26)20-27(33)18-24;1-4-29(17-11-12-18-29)31-21-27(30)32-28-22(2)19-26(20-23(28)3)33(24-13-7-5-8-14-24)25-15-9-6-10-16-25;1-20-18-24(19-21(2)25(20)27-17-11-16-26(3)4)28(22-12-7-5-8-13-22)23-14-9-6-10-15-23;20-19(21,22)15-8-7-13-18(14-15)23(16-9-3-1-4-10-16)17-11-5-2-6-12-17;1-16-9-8-14-19(15-16)20(17-10-4-2-5-11-17)18-12-6-3-7-13-18/h4-15,24-27H,16-21H2,1-3H3;5-10,13-16,19-20H,4,11-12,17-18,21H2,1-3H3;5-10,12-15,18-19H,11,16-17H2,1-4H3;1-14H;2-15H,1H3/q5*+1. The number of halogens is 3. The predicted molar refractivity (Wildman–Crippen MR) is 574 cm³/mol. The number of ether oxygens (including phenoxy) is 5. The van der Waals surface area contributed by atoms with Crippen LogP contribution in [0.2, 0.25) is 0 Å². The number of carbonyl (C=O) groups excluding carboxylic acids is 2. The molecule has 5 aliphatic rings. The lowest BCUT2D eigenvalue weighted by atomic mass is 9.50. The van der Waals surface area contributed by atoms with E-state index in [2.05, 4.69) is 345 Å². The Labute approximate surface area is 849 Å². The molecule has 5 saturated carbocycles. The van der Waals surface area contributed by atoms with Crippen LogP contribution in [0.3, 0.4) is 0 Å². The lowest BCUT2D eigenvalue weighted by Gasteiger charge is -2.59. The highest BCUT2D eigenvalue weighted by atomic mass is 32.2. The minimum absolute atomic E-state index is 0.00682. The van der Waals surface area contributed by atoms with Crippen molar-refractivity contribution in [3.05, 3.63) is 433 Å². The molecule has 724 valence electrons. The molecule has 0 aliphatic heterocycles. The van der Waals surface area contributed by atoms with Crippen molar-refractivity contribution in [2.45, 2.75) is 224 Å². The van der Waals surface area contributed by atoms with E-state index < -0.39 is 22.6 Å². The Morgan fingerprint density at radius 1 is 0.333 bits per heavy atom. The molecule has 8 nitrogen and oxygen atoms in total. The molecule has 0 saturated heterocycles. The molecule has 141 heavy (non-hydrogen) atoms. The van der Waals surface area contributed by atoms with Crippen LogP contribution in [0.1, 0.15) is 129 Å². The minimum atomic E-state index is -4.33. The number of hydrogen-bond acceptors (Lipinski definition) is 8. The molecular formula is C125H131F3NO7S5+5. The van der Waals surface area contributed by atoms with Crippen molar-refractivity contribution in [1.82, 2.24) is 4.90 Å². The molecule has 0 aromatic heterocycles. The fourth-order valence-electron chi connectivity index (χ4n) is 20.0. The summed E-state index contributed by atoms with van der Waals surface area (Å²) in [6.07, 6.45) is 8.53. The van der Waals surface area contributed by atoms with Gasteiger partial charge in [-0.15, -0.1) is 0 Å². The topological polar surface area (TPSA) is 83.5 Å². The Bertz CT molecular complexity index is 6200. The average molecular weight is 1980 g/mol. The van der Waals surface area contributed by atoms with Crippen molar-refractivity contribution in [2.75, 3.05) is 40.5 Å². The Kier molecular flexibility index (Phi) is 36.8. The molecule has 4 bridgehead atoms. The lowest BCUT2D eigenvalue weighted by molar-refractivity contribution is -0.199. The highest BCUT2D eigenvalue weighted by molar-refractivity contribution is 7.98. The number of aryl methyl sites for hydroxylation is 7. The third-order valence-electron chi connectivity index (χ3n) is 26.8. The summed E-state index contributed by atoms with van der Waals surface area (Å²) in [6, 6.07) is 132. The zero-order valence-electron chi connectivity index (χ0n) is 82.8. The van der Waals surface area contributed by atoms with Gasteiger partial charge in [-0.1, -0.05) is 220 Å². The summed E-state index contributed by atoms with van der Waals surface area (Å²) in [7, 11) is 3.02. The predicted octanol–water partition coefficient (Wildman–Crippen LogP) is 31.2. The first kappa shape index (κ1) is 104. The molecule has 0 atom stereocenters. The summed E-state index contributed by atoms with van der Waals surface area (Å²) >= 11 is 0. The summed E-state index contributed by atoms with van der Waals surface area (Å²) < 4.78 is 69.5. The van der Waals surface area contributed by atoms with Crippen molar-refractivity contribution in [3.63, 3.8) is 0 Å². The smallest absolute Gasteiger partial charge is 0.416 e. The zero-order valence-corrected chi connectivity index (χ0v) is 86.9. The monoisotopic (exact) mass is 1970 g/mol. The lowest BCUT2D eigenvalue weighted by Crippen LogP contribution is -2.57. The maximum atomic E-state index is 13.0. The first-order valence-corrected chi connectivity index (χ1v) is 55.3. The minimum Gasteiger partial charge on any atom is -0.493 e. The number of alkyl halides is 3. The van der Waals surface area contributed by atoms with Crippen LogP contribution in [-0.2, 0) is 79.7 Å². The van der Waals surface area contributed by atoms with Gasteiger partial charge in [-0.25, -0.2) is 9.59 Å². The summed E-state index contributed by atoms with van der Waals surface area (Å²) in [5.41, 5.74) is 6.69. The van der Waals surface area contributed by atoms with E-state index in [1.54, 1.807) is 6.07 Å². The average Bonchev–Trinajstić information content (AvgIpc) is 0.734. The van der Waals surface area contributed by atoms with Gasteiger partial charge in [0.25, 0.3) is 0 Å². The Morgan fingerprint density at radius 2 is 0.603 bits per heavy atom. The first-order chi connectivity index (χ1) is 68.4. The van der Waals surface area contributed by atoms with Crippen molar-refractivity contribution in [3.8, 4) is 17.2 Å². The van der Waals surface area contributed by atoms with Crippen molar-refractivity contribution < 1.29 is 46.4 Å². The number of esters is 2. The fraction of sp³-hybridized carbons (Fsp3) is 0.264. The van der Waals surface area contributed by atoms with Crippen molar-refractivity contribution >= 4 is 66.4 Å². The van der Waals surface area contributed by atoms with Crippen LogP contribution in [0, 0.1) is 72.1 Å². The SMILES string of the molecule is CCC1(OCC(=O)Oc2c(C)cc([S+](c3ccccc3)c3ccccc3)cc2C)CCCC1.Cc1cc([S+](c2ccccc2)c2ccccc2)cc(C)c1OC(=O)COC1(C)C2CC3CC(C2)CC1C3.Cc1cc([S+](c2ccccc2)c2ccccc2)cc(C)c1OCCCN(C)C.Cc1cccc([S+](c2ccccc2)c2ccccc2)c1.FC(F)(F)c1cccc([S+](c2ccccc2)c2ccccc2)c1. The number of nitrogens with zero attached hydrogens (tertiary/aromatic N) is 1. The van der Waals surface area contributed by atoms with E-state index in [4.69, 9.17) is 23.7 Å². The van der Waals surface area contributed by atoms with Crippen molar-refractivity contribution in [1.29, 1.82) is 0 Å². The zero-order chi connectivity index (χ0) is 98.8. The number of rotatable bonds is 29. The first-order valence-electron chi connectivity index (χ1n) is 49.1. The van der Waals surface area contributed by atoms with Crippen LogP contribution in [-0.4, -0.2) is 68.5 Å². The second-order valence-corrected chi connectivity index (χ2v) is 47.6. The third kappa shape index (κ3) is 27.5. The molecule has 0 spiro atoms. The molecular weight excluding hydrogens is 1840 g/mol. The van der Waals surface area contributed by atoms with E-state index in [1.165, 1.54) is 133 Å². The van der Waals surface area contributed by atoms with Gasteiger partial charge in [0, 0.05) is 49.0 Å². The van der Waals surface area contributed by atoms with Crippen LogP contribution in [0.5, 0.6) is 17.2 Å². The van der Waals surface area contributed by atoms with E-state index in [0.717, 1.165) is 94.5 Å². The van der Waals surface area contributed by atoms with Gasteiger partial charge in [0.05, 0.1) is 77.8 Å². The molecule has 5 fully saturated rings. The molecule has 15 aromatic carbocycles. The summed E-state index contributed by atoms with van der Waals surface area (Å²) in [6.45, 7) is 20.8. The third-order valence-corrected chi connectivity index (χ3v) is 37.8. The van der Waals surface area contributed by atoms with E-state index in [-0.39, 0.29) is 79.9 Å². The Morgan fingerprint density at radius 3 is 0.887 bits per heavy atom. The normalized spacial score (nSPS) is 16.5. The number of carbonyl (C=O) groups is 2. The van der Waals surface area contributed by atoms with Gasteiger partial charge in [-0.3, -0.25) is 0 Å². The summed E-state index contributed by atoms with van der Waals surface area (Å²) in [5.74, 6) is 4.68.